The third-order valence-corrected chi connectivity index (χ3v) is 5.13. The van der Waals surface area contributed by atoms with E-state index in [1.54, 1.807) is 17.0 Å². The molecule has 0 N–H and O–H groups in total. The molecular formula is C18H18F3N3O2. The molecule has 2 aromatic rings. The maximum atomic E-state index is 13.3. The number of carbonyl (C=O) groups is 1. The number of hydrogen-bond acceptors (Lipinski definition) is 4. The Morgan fingerprint density at radius 3 is 2.65 bits per heavy atom. The van der Waals surface area contributed by atoms with Gasteiger partial charge in [0.1, 0.15) is 5.82 Å². The van der Waals surface area contributed by atoms with Crippen LogP contribution in [0.4, 0.5) is 13.2 Å². The van der Waals surface area contributed by atoms with Crippen LogP contribution in [0.3, 0.4) is 0 Å². The highest BCUT2D eigenvalue weighted by atomic mass is 19.3. The Labute approximate surface area is 148 Å². The number of nitrogens with zero attached hydrogens (tertiary/aromatic N) is 3. The monoisotopic (exact) mass is 365 g/mol. The van der Waals surface area contributed by atoms with E-state index in [1.165, 1.54) is 12.1 Å². The molecule has 0 radical (unpaired) electrons. The Morgan fingerprint density at radius 2 is 1.96 bits per heavy atom. The summed E-state index contributed by atoms with van der Waals surface area (Å²) in [4.78, 5) is 18.4. The number of aromatic nitrogens is 2. The minimum atomic E-state index is -2.63. The van der Waals surface area contributed by atoms with Gasteiger partial charge in [-0.15, -0.1) is 0 Å². The number of benzene rings is 1. The van der Waals surface area contributed by atoms with Crippen molar-refractivity contribution in [1.82, 2.24) is 15.0 Å². The molecule has 2 fully saturated rings. The summed E-state index contributed by atoms with van der Waals surface area (Å²) in [5.74, 6) is -2.76. The van der Waals surface area contributed by atoms with Crippen LogP contribution in [-0.4, -0.2) is 40.0 Å². The van der Waals surface area contributed by atoms with Gasteiger partial charge in [-0.2, -0.15) is 4.98 Å². The Kier molecular flexibility index (Phi) is 4.20. The lowest BCUT2D eigenvalue weighted by Crippen LogP contribution is -2.51. The summed E-state index contributed by atoms with van der Waals surface area (Å²) in [6.45, 7) is 0.882. The molecule has 0 atom stereocenters. The van der Waals surface area contributed by atoms with Crippen molar-refractivity contribution >= 4 is 5.91 Å². The summed E-state index contributed by atoms with van der Waals surface area (Å²) in [6, 6.07) is 5.91. The number of amides is 1. The molecule has 1 aliphatic heterocycles. The van der Waals surface area contributed by atoms with E-state index in [0.717, 1.165) is 0 Å². The molecule has 0 bridgehead atoms. The average Bonchev–Trinajstić information content (AvgIpc) is 3.03. The molecule has 1 aromatic carbocycles. The van der Waals surface area contributed by atoms with Gasteiger partial charge in [-0.05, 0) is 25.0 Å². The molecule has 2 heterocycles. The van der Waals surface area contributed by atoms with Gasteiger partial charge in [0.05, 0.1) is 5.92 Å². The van der Waals surface area contributed by atoms with Crippen LogP contribution < -0.4 is 0 Å². The number of rotatable bonds is 3. The molecule has 138 valence electrons. The summed E-state index contributed by atoms with van der Waals surface area (Å²) in [5, 5.41) is 3.87. The van der Waals surface area contributed by atoms with E-state index in [-0.39, 0.29) is 49.2 Å². The van der Waals surface area contributed by atoms with Crippen LogP contribution in [0.1, 0.15) is 37.5 Å². The molecule has 4 rings (SSSR count). The predicted octanol–water partition coefficient (Wildman–Crippen LogP) is 3.63. The molecule has 0 unspecified atom stereocenters. The lowest BCUT2D eigenvalue weighted by Gasteiger charge is -2.40. The molecule has 8 heteroatoms. The number of halogens is 3. The minimum Gasteiger partial charge on any atom is -0.341 e. The number of carbonyl (C=O) groups excluding carboxylic acids is 1. The van der Waals surface area contributed by atoms with E-state index >= 15 is 0 Å². The van der Waals surface area contributed by atoms with Gasteiger partial charge >= 0.3 is 0 Å². The van der Waals surface area contributed by atoms with Crippen LogP contribution in [0.2, 0.25) is 0 Å². The molecule has 2 aliphatic rings. The van der Waals surface area contributed by atoms with Crippen molar-refractivity contribution in [1.29, 1.82) is 0 Å². The van der Waals surface area contributed by atoms with Crippen LogP contribution in [0, 0.1) is 11.7 Å². The van der Waals surface area contributed by atoms with E-state index < -0.39 is 5.92 Å². The third-order valence-electron chi connectivity index (χ3n) is 5.13. The van der Waals surface area contributed by atoms with E-state index in [2.05, 4.69) is 10.1 Å². The zero-order chi connectivity index (χ0) is 18.3. The molecule has 1 aromatic heterocycles. The van der Waals surface area contributed by atoms with Gasteiger partial charge in [0, 0.05) is 37.4 Å². The molecule has 26 heavy (non-hydrogen) atoms. The standard InChI is InChI=1S/C18H18F3N3O2/c19-14-3-1-2-12(8-14)15-22-16(26-23-15)13-9-24(10-13)17(25)11-4-6-18(20,21)7-5-11/h1-3,8,11,13H,4-7,9-10H2. The predicted molar refractivity (Wildman–Crippen MR) is 85.9 cm³/mol. The second-order valence-corrected chi connectivity index (χ2v) is 7.04. The second kappa shape index (κ2) is 6.41. The fourth-order valence-corrected chi connectivity index (χ4v) is 3.51. The Bertz CT molecular complexity index is 808. The van der Waals surface area contributed by atoms with Crippen molar-refractivity contribution in [2.45, 2.75) is 37.5 Å². The van der Waals surface area contributed by atoms with Crippen molar-refractivity contribution in [3.63, 3.8) is 0 Å². The Hall–Kier alpha value is -2.38. The zero-order valence-electron chi connectivity index (χ0n) is 14.0. The van der Waals surface area contributed by atoms with E-state index in [9.17, 15) is 18.0 Å². The molecule has 1 amide bonds. The lowest BCUT2D eigenvalue weighted by molar-refractivity contribution is -0.144. The number of likely N-dealkylation sites (tertiary alicyclic amines) is 1. The van der Waals surface area contributed by atoms with Crippen molar-refractivity contribution in [3.8, 4) is 11.4 Å². The van der Waals surface area contributed by atoms with Crippen molar-refractivity contribution in [2.24, 2.45) is 5.92 Å². The van der Waals surface area contributed by atoms with Crippen LogP contribution in [0.15, 0.2) is 28.8 Å². The first-order valence-electron chi connectivity index (χ1n) is 8.67. The molecule has 5 nitrogen and oxygen atoms in total. The average molecular weight is 365 g/mol. The van der Waals surface area contributed by atoms with Gasteiger partial charge in [0.2, 0.25) is 23.5 Å². The number of alkyl halides is 2. The first-order chi connectivity index (χ1) is 12.4. The maximum absolute atomic E-state index is 13.3. The van der Waals surface area contributed by atoms with Crippen molar-refractivity contribution in [2.75, 3.05) is 13.1 Å². The van der Waals surface area contributed by atoms with Gasteiger partial charge in [-0.25, -0.2) is 13.2 Å². The Morgan fingerprint density at radius 1 is 1.23 bits per heavy atom. The van der Waals surface area contributed by atoms with Gasteiger partial charge in [-0.1, -0.05) is 17.3 Å². The molecule has 0 spiro atoms. The summed E-state index contributed by atoms with van der Waals surface area (Å²) >= 11 is 0. The van der Waals surface area contributed by atoms with E-state index in [4.69, 9.17) is 4.52 Å². The molecule has 1 saturated carbocycles. The first kappa shape index (κ1) is 17.1. The van der Waals surface area contributed by atoms with Crippen LogP contribution in [-0.2, 0) is 4.79 Å². The highest BCUT2D eigenvalue weighted by molar-refractivity contribution is 5.80. The second-order valence-electron chi connectivity index (χ2n) is 7.04. The fraction of sp³-hybridized carbons (Fsp3) is 0.500. The van der Waals surface area contributed by atoms with Crippen molar-refractivity contribution in [3.05, 3.63) is 36.0 Å². The summed E-state index contributed by atoms with van der Waals surface area (Å²) in [6.07, 6.45) is 0.0250. The fourth-order valence-electron chi connectivity index (χ4n) is 3.51. The maximum Gasteiger partial charge on any atom is 0.248 e. The SMILES string of the molecule is O=C(C1CCC(F)(F)CC1)N1CC(c2nc(-c3cccc(F)c3)no2)C1. The summed E-state index contributed by atoms with van der Waals surface area (Å²) < 4.78 is 45.0. The van der Waals surface area contributed by atoms with Gasteiger partial charge in [0.15, 0.2) is 0 Å². The Balaban J connectivity index is 1.34. The highest BCUT2D eigenvalue weighted by Gasteiger charge is 2.42. The molecule has 1 saturated heterocycles. The third kappa shape index (κ3) is 3.32. The normalized spacial score (nSPS) is 20.8. The van der Waals surface area contributed by atoms with E-state index in [1.807, 2.05) is 0 Å². The molecular weight excluding hydrogens is 347 g/mol. The van der Waals surface area contributed by atoms with Gasteiger partial charge in [-0.3, -0.25) is 4.79 Å². The van der Waals surface area contributed by atoms with Crippen LogP contribution >= 0.6 is 0 Å². The number of hydrogen-bond donors (Lipinski definition) is 0. The van der Waals surface area contributed by atoms with Gasteiger partial charge < -0.3 is 9.42 Å². The highest BCUT2D eigenvalue weighted by Crippen LogP contribution is 2.38. The summed E-state index contributed by atoms with van der Waals surface area (Å²) in [5.41, 5.74) is 0.524. The first-order valence-corrected chi connectivity index (χ1v) is 8.67. The van der Waals surface area contributed by atoms with Crippen molar-refractivity contribution < 1.29 is 22.5 Å². The van der Waals surface area contributed by atoms with E-state index in [0.29, 0.717) is 30.4 Å². The zero-order valence-corrected chi connectivity index (χ0v) is 14.0. The molecule has 1 aliphatic carbocycles. The topological polar surface area (TPSA) is 59.2 Å². The summed E-state index contributed by atoms with van der Waals surface area (Å²) in [7, 11) is 0. The largest absolute Gasteiger partial charge is 0.341 e. The van der Waals surface area contributed by atoms with Crippen LogP contribution in [0.25, 0.3) is 11.4 Å². The van der Waals surface area contributed by atoms with Gasteiger partial charge in [0.25, 0.3) is 0 Å². The quantitative estimate of drug-likeness (QED) is 0.833. The minimum absolute atomic E-state index is 0.0679. The van der Waals surface area contributed by atoms with Crippen LogP contribution in [0.5, 0.6) is 0 Å². The lowest BCUT2D eigenvalue weighted by atomic mass is 9.84. The smallest absolute Gasteiger partial charge is 0.248 e.